The largest absolute Gasteiger partial charge is 0.481 e. The number of hydrogen-bond acceptors (Lipinski definition) is 1. The van der Waals surface area contributed by atoms with Crippen LogP contribution in [0.4, 0.5) is 0 Å². The van der Waals surface area contributed by atoms with E-state index in [1.54, 1.807) is 0 Å². The number of hydrogen-bond donors (Lipinski definition) is 1. The predicted octanol–water partition coefficient (Wildman–Crippen LogP) is 6.07. The van der Waals surface area contributed by atoms with Crippen LogP contribution in [0.25, 0.3) is 0 Å². The molecule has 0 saturated carbocycles. The summed E-state index contributed by atoms with van der Waals surface area (Å²) in [7, 11) is 0. The van der Waals surface area contributed by atoms with Crippen molar-refractivity contribution < 1.29 is 9.90 Å². The van der Waals surface area contributed by atoms with Gasteiger partial charge in [0.25, 0.3) is 0 Å². The molecule has 0 aliphatic heterocycles. The lowest BCUT2D eigenvalue weighted by molar-refractivity contribution is -0.142. The molecule has 0 aromatic carbocycles. The Labute approximate surface area is 136 Å². The van der Waals surface area contributed by atoms with Crippen molar-refractivity contribution in [1.82, 2.24) is 0 Å². The number of rotatable bonds is 13. The summed E-state index contributed by atoms with van der Waals surface area (Å²) in [4.78, 5) is 11.2. The van der Waals surface area contributed by atoms with Crippen molar-refractivity contribution in [2.45, 2.75) is 65.2 Å². The molecule has 1 unspecified atom stereocenters. The number of allylic oxidation sites excluding steroid dienone is 8. The molecular weight excluding hydrogens is 272 g/mol. The number of unbranched alkanes of at least 4 members (excludes halogenated alkanes) is 3. The Bertz CT molecular complexity index is 375. The van der Waals surface area contributed by atoms with Crippen molar-refractivity contribution in [2.75, 3.05) is 0 Å². The van der Waals surface area contributed by atoms with Crippen LogP contribution in [0.1, 0.15) is 65.2 Å². The predicted molar refractivity (Wildman–Crippen MR) is 96.0 cm³/mol. The van der Waals surface area contributed by atoms with E-state index in [0.717, 1.165) is 25.7 Å². The lowest BCUT2D eigenvalue weighted by Crippen LogP contribution is -2.12. The molecule has 22 heavy (non-hydrogen) atoms. The van der Waals surface area contributed by atoms with Gasteiger partial charge in [-0.25, -0.2) is 0 Å². The van der Waals surface area contributed by atoms with Crippen LogP contribution in [0.15, 0.2) is 48.6 Å². The first-order valence-corrected chi connectivity index (χ1v) is 8.54. The summed E-state index contributed by atoms with van der Waals surface area (Å²) in [6.45, 7) is 4.18. The first-order valence-electron chi connectivity index (χ1n) is 8.54. The van der Waals surface area contributed by atoms with Gasteiger partial charge < -0.3 is 5.11 Å². The van der Waals surface area contributed by atoms with Crippen LogP contribution in [0.5, 0.6) is 0 Å². The summed E-state index contributed by atoms with van der Waals surface area (Å²) in [6.07, 6.45) is 24.2. The Morgan fingerprint density at radius 3 is 2.18 bits per heavy atom. The summed E-state index contributed by atoms with van der Waals surface area (Å²) < 4.78 is 0. The molecule has 0 aromatic rings. The summed E-state index contributed by atoms with van der Waals surface area (Å²) >= 11 is 0. The van der Waals surface area contributed by atoms with E-state index in [4.69, 9.17) is 0 Å². The van der Waals surface area contributed by atoms with E-state index in [-0.39, 0.29) is 5.92 Å². The highest BCUT2D eigenvalue weighted by atomic mass is 16.4. The standard InChI is InChI=1S/C20H32O2/c1-3-5-7-9-11-13-15-17-19(20(21)22)18-16-14-12-10-8-6-4-2/h3,5,7,9,11-14,19H,4,6,8,10,15-18H2,1-2H3,(H,21,22)/b5-3+,9-7+,13-11+,14-12+. The summed E-state index contributed by atoms with van der Waals surface area (Å²) in [6, 6.07) is 0. The summed E-state index contributed by atoms with van der Waals surface area (Å²) in [5, 5.41) is 9.25. The first-order chi connectivity index (χ1) is 10.7. The molecule has 0 aliphatic carbocycles. The van der Waals surface area contributed by atoms with Crippen molar-refractivity contribution in [3.05, 3.63) is 48.6 Å². The SMILES string of the molecule is C/C=C/C=C/C=C/CCC(CC/C=C/CCCCC)C(=O)O. The maximum absolute atomic E-state index is 11.2. The van der Waals surface area contributed by atoms with E-state index < -0.39 is 5.97 Å². The zero-order chi connectivity index (χ0) is 16.5. The van der Waals surface area contributed by atoms with Gasteiger partial charge in [0.05, 0.1) is 5.92 Å². The van der Waals surface area contributed by atoms with Crippen molar-refractivity contribution in [2.24, 2.45) is 5.92 Å². The van der Waals surface area contributed by atoms with Gasteiger partial charge in [0.1, 0.15) is 0 Å². The van der Waals surface area contributed by atoms with Crippen LogP contribution in [0.3, 0.4) is 0 Å². The van der Waals surface area contributed by atoms with Crippen molar-refractivity contribution in [3.8, 4) is 0 Å². The first kappa shape index (κ1) is 20.4. The quantitative estimate of drug-likeness (QED) is 0.254. The van der Waals surface area contributed by atoms with E-state index in [9.17, 15) is 9.90 Å². The molecule has 2 heteroatoms. The fourth-order valence-electron chi connectivity index (χ4n) is 2.15. The fourth-order valence-corrected chi connectivity index (χ4v) is 2.15. The summed E-state index contributed by atoms with van der Waals surface area (Å²) in [5.41, 5.74) is 0. The molecule has 124 valence electrons. The smallest absolute Gasteiger partial charge is 0.306 e. The maximum Gasteiger partial charge on any atom is 0.306 e. The molecule has 0 radical (unpaired) electrons. The monoisotopic (exact) mass is 304 g/mol. The average molecular weight is 304 g/mol. The third-order valence-corrected chi connectivity index (χ3v) is 3.52. The van der Waals surface area contributed by atoms with Gasteiger partial charge in [0, 0.05) is 0 Å². The van der Waals surface area contributed by atoms with Gasteiger partial charge >= 0.3 is 5.97 Å². The van der Waals surface area contributed by atoms with Crippen LogP contribution in [-0.2, 0) is 4.79 Å². The topological polar surface area (TPSA) is 37.3 Å². The van der Waals surface area contributed by atoms with Crippen LogP contribution in [0.2, 0.25) is 0 Å². The molecule has 0 heterocycles. The van der Waals surface area contributed by atoms with E-state index in [2.05, 4.69) is 19.1 Å². The Kier molecular flexibility index (Phi) is 14.7. The number of carbonyl (C=O) groups is 1. The highest BCUT2D eigenvalue weighted by Gasteiger charge is 2.14. The number of carboxylic acid groups (broad SMARTS) is 1. The third kappa shape index (κ3) is 13.4. The number of aliphatic carboxylic acids is 1. The van der Waals surface area contributed by atoms with Gasteiger partial charge in [-0.05, 0) is 45.4 Å². The van der Waals surface area contributed by atoms with Gasteiger partial charge in [-0.3, -0.25) is 4.79 Å². The molecular formula is C20H32O2. The molecule has 0 amide bonds. The van der Waals surface area contributed by atoms with Gasteiger partial charge in [0.2, 0.25) is 0 Å². The molecule has 0 aromatic heterocycles. The van der Waals surface area contributed by atoms with Crippen LogP contribution in [0, 0.1) is 5.92 Å². The second kappa shape index (κ2) is 15.8. The average Bonchev–Trinajstić information content (AvgIpc) is 2.50. The zero-order valence-corrected chi connectivity index (χ0v) is 14.2. The van der Waals surface area contributed by atoms with Gasteiger partial charge in [-0.1, -0.05) is 68.4 Å². The molecule has 0 bridgehead atoms. The lowest BCUT2D eigenvalue weighted by Gasteiger charge is -2.09. The Hall–Kier alpha value is -1.57. The highest BCUT2D eigenvalue weighted by molar-refractivity contribution is 5.69. The summed E-state index contributed by atoms with van der Waals surface area (Å²) in [5.74, 6) is -0.901. The zero-order valence-electron chi connectivity index (χ0n) is 14.2. The molecule has 0 rings (SSSR count). The molecule has 0 spiro atoms. The normalized spacial score (nSPS) is 13.9. The minimum atomic E-state index is -0.669. The minimum absolute atomic E-state index is 0.232. The minimum Gasteiger partial charge on any atom is -0.481 e. The Morgan fingerprint density at radius 2 is 1.55 bits per heavy atom. The molecule has 0 saturated heterocycles. The van der Waals surface area contributed by atoms with Crippen molar-refractivity contribution >= 4 is 5.97 Å². The van der Waals surface area contributed by atoms with E-state index in [0.29, 0.717) is 6.42 Å². The third-order valence-electron chi connectivity index (χ3n) is 3.52. The van der Waals surface area contributed by atoms with Crippen molar-refractivity contribution in [1.29, 1.82) is 0 Å². The number of carboxylic acids is 1. The molecule has 0 aliphatic rings. The maximum atomic E-state index is 11.2. The van der Waals surface area contributed by atoms with E-state index in [1.807, 2.05) is 43.4 Å². The molecule has 2 nitrogen and oxygen atoms in total. The molecule has 1 atom stereocenters. The van der Waals surface area contributed by atoms with Gasteiger partial charge in [-0.2, -0.15) is 0 Å². The lowest BCUT2D eigenvalue weighted by atomic mass is 9.97. The fraction of sp³-hybridized carbons (Fsp3) is 0.550. The Morgan fingerprint density at radius 1 is 0.909 bits per heavy atom. The second-order valence-electron chi connectivity index (χ2n) is 5.50. The van der Waals surface area contributed by atoms with Crippen LogP contribution < -0.4 is 0 Å². The second-order valence-corrected chi connectivity index (χ2v) is 5.50. The van der Waals surface area contributed by atoms with Gasteiger partial charge in [-0.15, -0.1) is 0 Å². The van der Waals surface area contributed by atoms with E-state index in [1.165, 1.54) is 19.3 Å². The van der Waals surface area contributed by atoms with Crippen molar-refractivity contribution in [3.63, 3.8) is 0 Å². The van der Waals surface area contributed by atoms with Crippen LogP contribution in [-0.4, -0.2) is 11.1 Å². The van der Waals surface area contributed by atoms with E-state index >= 15 is 0 Å². The molecule has 1 N–H and O–H groups in total. The molecule has 0 fully saturated rings. The Balaban J connectivity index is 3.89. The van der Waals surface area contributed by atoms with Crippen LogP contribution >= 0.6 is 0 Å². The highest BCUT2D eigenvalue weighted by Crippen LogP contribution is 2.15. The van der Waals surface area contributed by atoms with Gasteiger partial charge in [0.15, 0.2) is 0 Å².